The van der Waals surface area contributed by atoms with Gasteiger partial charge in [-0.25, -0.2) is 4.79 Å². The molecule has 2 amide bonds. The van der Waals surface area contributed by atoms with Gasteiger partial charge in [0.25, 0.3) is 11.6 Å². The summed E-state index contributed by atoms with van der Waals surface area (Å²) in [6.07, 6.45) is 0.143. The summed E-state index contributed by atoms with van der Waals surface area (Å²) in [6.45, 7) is 3.64. The highest BCUT2D eigenvalue weighted by atomic mass is 32.2. The number of carboxylic acids is 1. The predicted molar refractivity (Wildman–Crippen MR) is 94.0 cm³/mol. The first kappa shape index (κ1) is 18.0. The van der Waals surface area contributed by atoms with Gasteiger partial charge in [-0.3, -0.25) is 14.5 Å². The van der Waals surface area contributed by atoms with E-state index in [0.29, 0.717) is 11.3 Å². The highest BCUT2D eigenvalue weighted by Gasteiger charge is 2.66. The number of fused-ring (bicyclic) bond motifs is 1. The van der Waals surface area contributed by atoms with Gasteiger partial charge in [-0.2, -0.15) is 11.3 Å². The van der Waals surface area contributed by atoms with Crippen LogP contribution in [0.2, 0.25) is 0 Å². The molecule has 9 heteroatoms. The number of rotatable bonds is 6. The van der Waals surface area contributed by atoms with Gasteiger partial charge in [-0.15, -0.1) is 11.8 Å². The molecule has 1 aromatic rings. The van der Waals surface area contributed by atoms with E-state index in [2.05, 4.69) is 5.32 Å². The van der Waals surface area contributed by atoms with Gasteiger partial charge in [0, 0.05) is 12.4 Å². The maximum Gasteiger partial charge on any atom is 0.352 e. The van der Waals surface area contributed by atoms with Gasteiger partial charge in [0.2, 0.25) is 5.91 Å². The van der Waals surface area contributed by atoms with Crippen molar-refractivity contribution in [3.63, 3.8) is 0 Å². The fraction of sp³-hybridized carbons (Fsp3) is 0.438. The van der Waals surface area contributed by atoms with Gasteiger partial charge < -0.3 is 15.2 Å². The van der Waals surface area contributed by atoms with Crippen molar-refractivity contribution < 1.29 is 24.2 Å². The molecule has 7 nitrogen and oxygen atoms in total. The van der Waals surface area contributed by atoms with Crippen LogP contribution in [0.15, 0.2) is 28.1 Å². The number of carbonyl (C=O) groups excluding carboxylic acids is 2. The number of nitrogens with one attached hydrogen (secondary N) is 1. The summed E-state index contributed by atoms with van der Waals surface area (Å²) in [5.74, 6) is -1.55. The van der Waals surface area contributed by atoms with Gasteiger partial charge in [0.05, 0.1) is 6.42 Å². The number of hydrogen-bond acceptors (Lipinski definition) is 6. The van der Waals surface area contributed by atoms with Gasteiger partial charge in [0.15, 0.2) is 0 Å². The Balaban J connectivity index is 1.83. The molecule has 2 aliphatic rings. The monoisotopic (exact) mass is 382 g/mol. The Labute approximate surface area is 153 Å². The van der Waals surface area contributed by atoms with E-state index in [4.69, 9.17) is 4.74 Å². The lowest BCUT2D eigenvalue weighted by Crippen LogP contribution is -2.81. The van der Waals surface area contributed by atoms with Crippen LogP contribution in [-0.4, -0.2) is 51.2 Å². The van der Waals surface area contributed by atoms with Gasteiger partial charge in [0.1, 0.15) is 11.1 Å². The Kier molecular flexibility index (Phi) is 4.90. The van der Waals surface area contributed by atoms with Crippen LogP contribution in [0, 0.1) is 0 Å². The summed E-state index contributed by atoms with van der Waals surface area (Å²) in [5, 5.41) is 15.3. The van der Waals surface area contributed by atoms with Crippen LogP contribution in [0.5, 0.6) is 0 Å². The van der Waals surface area contributed by atoms with Crippen molar-refractivity contribution >= 4 is 40.9 Å². The quantitative estimate of drug-likeness (QED) is 0.571. The molecule has 0 bridgehead atoms. The molecule has 2 N–H and O–H groups in total. The lowest BCUT2D eigenvalue weighted by molar-refractivity contribution is -0.197. The fourth-order valence-corrected chi connectivity index (χ4v) is 5.05. The van der Waals surface area contributed by atoms with E-state index in [1.54, 1.807) is 13.8 Å². The maximum atomic E-state index is 12.8. The molecule has 2 aliphatic heterocycles. The molecule has 1 saturated heterocycles. The Morgan fingerprint density at radius 2 is 2.28 bits per heavy atom. The minimum atomic E-state index is -1.51. The SMILES string of the molecule is CCOC1(NC(=O)Cc2ccsc2)C(=O)N2C(C(=O)O)=C(C)CS[C@H]21. The first-order chi connectivity index (χ1) is 11.9. The van der Waals surface area contributed by atoms with E-state index in [-0.39, 0.29) is 24.6 Å². The molecule has 3 heterocycles. The normalized spacial score (nSPS) is 25.4. The second-order valence-electron chi connectivity index (χ2n) is 5.80. The predicted octanol–water partition coefficient (Wildman–Crippen LogP) is 1.41. The highest BCUT2D eigenvalue weighted by molar-refractivity contribution is 8.00. The molecule has 134 valence electrons. The average molecular weight is 382 g/mol. The van der Waals surface area contributed by atoms with Crippen molar-refractivity contribution in [2.24, 2.45) is 0 Å². The van der Waals surface area contributed by atoms with E-state index < -0.39 is 23.0 Å². The van der Waals surface area contributed by atoms with Crippen LogP contribution in [-0.2, 0) is 25.5 Å². The van der Waals surface area contributed by atoms with Crippen molar-refractivity contribution in [3.05, 3.63) is 33.7 Å². The second-order valence-corrected chi connectivity index (χ2v) is 7.65. The molecular weight excluding hydrogens is 364 g/mol. The lowest BCUT2D eigenvalue weighted by Gasteiger charge is -2.56. The van der Waals surface area contributed by atoms with Crippen LogP contribution >= 0.6 is 23.1 Å². The van der Waals surface area contributed by atoms with E-state index in [9.17, 15) is 19.5 Å². The molecule has 25 heavy (non-hydrogen) atoms. The van der Waals surface area contributed by atoms with Crippen molar-refractivity contribution in [1.82, 2.24) is 10.2 Å². The second kappa shape index (κ2) is 6.81. The van der Waals surface area contributed by atoms with Crippen LogP contribution in [0.25, 0.3) is 0 Å². The summed E-state index contributed by atoms with van der Waals surface area (Å²) in [4.78, 5) is 37.9. The first-order valence-corrected chi connectivity index (χ1v) is 9.74. The number of hydrogen-bond donors (Lipinski definition) is 2. The number of thioether (sulfide) groups is 1. The number of nitrogens with zero attached hydrogens (tertiary/aromatic N) is 1. The number of carbonyl (C=O) groups is 3. The number of ether oxygens (including phenoxy) is 1. The first-order valence-electron chi connectivity index (χ1n) is 7.75. The standard InChI is InChI=1S/C16H18N2O5S2/c1-3-23-16(17-11(19)6-10-4-5-24-8-10)14(22)18-12(13(20)21)9(2)7-25-15(16)18/h4-5,8,15H,3,6-7H2,1-2H3,(H,17,19)(H,20,21)/t15-,16?/m0/s1. The zero-order chi connectivity index (χ0) is 18.2. The van der Waals surface area contributed by atoms with Crippen LogP contribution in [0.4, 0.5) is 0 Å². The highest BCUT2D eigenvalue weighted by Crippen LogP contribution is 2.46. The maximum absolute atomic E-state index is 12.8. The summed E-state index contributed by atoms with van der Waals surface area (Å²) in [6, 6.07) is 1.84. The van der Waals surface area contributed by atoms with Gasteiger partial charge in [-0.1, -0.05) is 0 Å². The Morgan fingerprint density at radius 1 is 1.52 bits per heavy atom. The molecule has 1 unspecified atom stereocenters. The lowest BCUT2D eigenvalue weighted by atomic mass is 9.98. The topological polar surface area (TPSA) is 95.9 Å². The van der Waals surface area contributed by atoms with Crippen molar-refractivity contribution in [2.45, 2.75) is 31.4 Å². The summed E-state index contributed by atoms with van der Waals surface area (Å²) in [5.41, 5.74) is -0.0440. The summed E-state index contributed by atoms with van der Waals surface area (Å²) >= 11 is 2.88. The summed E-state index contributed by atoms with van der Waals surface area (Å²) < 4.78 is 5.64. The zero-order valence-electron chi connectivity index (χ0n) is 13.8. The molecule has 0 saturated carbocycles. The third-order valence-electron chi connectivity index (χ3n) is 4.07. The van der Waals surface area contributed by atoms with Crippen molar-refractivity contribution in [2.75, 3.05) is 12.4 Å². The minimum Gasteiger partial charge on any atom is -0.477 e. The van der Waals surface area contributed by atoms with E-state index in [1.165, 1.54) is 28.0 Å². The molecule has 3 rings (SSSR count). The Morgan fingerprint density at radius 3 is 2.88 bits per heavy atom. The van der Waals surface area contributed by atoms with E-state index >= 15 is 0 Å². The molecule has 1 fully saturated rings. The average Bonchev–Trinajstić information content (AvgIpc) is 3.06. The molecule has 2 atom stereocenters. The van der Waals surface area contributed by atoms with Gasteiger partial charge >= 0.3 is 5.97 Å². The van der Waals surface area contributed by atoms with Crippen LogP contribution < -0.4 is 5.32 Å². The number of carboxylic acid groups (broad SMARTS) is 1. The zero-order valence-corrected chi connectivity index (χ0v) is 15.4. The van der Waals surface area contributed by atoms with Gasteiger partial charge in [-0.05, 0) is 41.8 Å². The molecule has 0 spiro atoms. The number of amides is 2. The Bertz CT molecular complexity index is 746. The minimum absolute atomic E-state index is 0.0174. The summed E-state index contributed by atoms with van der Waals surface area (Å²) in [7, 11) is 0. The smallest absolute Gasteiger partial charge is 0.352 e. The molecule has 0 aliphatic carbocycles. The molecule has 0 aromatic carbocycles. The van der Waals surface area contributed by atoms with Crippen molar-refractivity contribution in [3.8, 4) is 0 Å². The van der Waals surface area contributed by atoms with Crippen LogP contribution in [0.1, 0.15) is 19.4 Å². The number of aliphatic carboxylic acids is 1. The molecule has 1 aromatic heterocycles. The Hall–Kier alpha value is -1.84. The largest absolute Gasteiger partial charge is 0.477 e. The van der Waals surface area contributed by atoms with Crippen molar-refractivity contribution in [1.29, 1.82) is 0 Å². The molecular formula is C16H18N2O5S2. The number of thiophene rings is 1. The third kappa shape index (κ3) is 2.96. The van der Waals surface area contributed by atoms with Crippen LogP contribution in [0.3, 0.4) is 0 Å². The third-order valence-corrected chi connectivity index (χ3v) is 6.26. The van der Waals surface area contributed by atoms with E-state index in [1.807, 2.05) is 16.8 Å². The molecule has 0 radical (unpaired) electrons. The van der Waals surface area contributed by atoms with E-state index in [0.717, 1.165) is 5.56 Å². The number of β-lactam (4-membered cyclic amide) rings is 1. The fourth-order valence-electron chi connectivity index (χ4n) is 3.02.